The van der Waals surface area contributed by atoms with Gasteiger partial charge in [-0.1, -0.05) is 12.1 Å². The van der Waals surface area contributed by atoms with Gasteiger partial charge in [-0.15, -0.1) is 0 Å². The summed E-state index contributed by atoms with van der Waals surface area (Å²) in [7, 11) is 1.92. The Bertz CT molecular complexity index is 388. The van der Waals surface area contributed by atoms with Crippen LogP contribution in [0.15, 0.2) is 24.3 Å². The molecule has 1 N–H and O–H groups in total. The standard InChI is InChI=1S/C13H17NO3/c1-9(14-2)10-3-5-11(6-4-10)17-12-7-8-16-13(12)15/h3-6,9,12,14H,7-8H2,1-2H3. The van der Waals surface area contributed by atoms with Gasteiger partial charge in [-0.25, -0.2) is 4.79 Å². The fourth-order valence-electron chi connectivity index (χ4n) is 1.75. The van der Waals surface area contributed by atoms with Crippen LogP contribution in [-0.4, -0.2) is 25.7 Å². The Labute approximate surface area is 101 Å². The third kappa shape index (κ3) is 2.77. The van der Waals surface area contributed by atoms with Crippen molar-refractivity contribution in [2.24, 2.45) is 0 Å². The molecule has 4 nitrogen and oxygen atoms in total. The lowest BCUT2D eigenvalue weighted by atomic mass is 10.1. The average molecular weight is 235 g/mol. The number of hydrogen-bond acceptors (Lipinski definition) is 4. The first-order chi connectivity index (χ1) is 8.20. The normalized spacial score (nSPS) is 21.1. The Morgan fingerprint density at radius 2 is 2.12 bits per heavy atom. The summed E-state index contributed by atoms with van der Waals surface area (Å²) in [6.45, 7) is 2.54. The van der Waals surface area contributed by atoms with Crippen LogP contribution < -0.4 is 10.1 Å². The molecule has 1 fully saturated rings. The van der Waals surface area contributed by atoms with Crippen LogP contribution in [0, 0.1) is 0 Å². The summed E-state index contributed by atoms with van der Waals surface area (Å²) >= 11 is 0. The SMILES string of the molecule is CNC(C)c1ccc(OC2CCOC2=O)cc1. The number of hydrogen-bond donors (Lipinski definition) is 1. The van der Waals surface area contributed by atoms with Crippen molar-refractivity contribution in [3.05, 3.63) is 29.8 Å². The van der Waals surface area contributed by atoms with Gasteiger partial charge in [0, 0.05) is 12.5 Å². The Balaban J connectivity index is 2.00. The van der Waals surface area contributed by atoms with Crippen LogP contribution in [0.25, 0.3) is 0 Å². The minimum atomic E-state index is -0.442. The monoisotopic (exact) mass is 235 g/mol. The van der Waals surface area contributed by atoms with Crippen molar-refractivity contribution < 1.29 is 14.3 Å². The molecule has 0 aromatic heterocycles. The van der Waals surface area contributed by atoms with Crippen LogP contribution in [0.1, 0.15) is 24.9 Å². The van der Waals surface area contributed by atoms with E-state index in [-0.39, 0.29) is 5.97 Å². The zero-order valence-electron chi connectivity index (χ0n) is 10.1. The molecule has 0 aliphatic carbocycles. The van der Waals surface area contributed by atoms with Crippen molar-refractivity contribution in [2.45, 2.75) is 25.5 Å². The van der Waals surface area contributed by atoms with E-state index in [2.05, 4.69) is 12.2 Å². The molecule has 1 aliphatic heterocycles. The number of carbonyl (C=O) groups is 1. The summed E-state index contributed by atoms with van der Waals surface area (Å²) in [5.41, 5.74) is 1.19. The zero-order chi connectivity index (χ0) is 12.3. The van der Waals surface area contributed by atoms with Crippen molar-refractivity contribution >= 4 is 5.97 Å². The maximum atomic E-state index is 11.2. The molecule has 2 rings (SSSR count). The molecule has 1 aromatic carbocycles. The van der Waals surface area contributed by atoms with Gasteiger partial charge in [-0.2, -0.15) is 0 Å². The Hall–Kier alpha value is -1.55. The lowest BCUT2D eigenvalue weighted by Gasteiger charge is -2.13. The molecule has 92 valence electrons. The summed E-state index contributed by atoms with van der Waals surface area (Å²) in [5.74, 6) is 0.443. The largest absolute Gasteiger partial charge is 0.479 e. The second-order valence-corrected chi connectivity index (χ2v) is 4.14. The van der Waals surface area contributed by atoms with Gasteiger partial charge in [0.25, 0.3) is 0 Å². The molecule has 0 bridgehead atoms. The highest BCUT2D eigenvalue weighted by molar-refractivity contribution is 5.76. The third-order valence-corrected chi connectivity index (χ3v) is 2.98. The van der Waals surface area contributed by atoms with Crippen LogP contribution in [-0.2, 0) is 9.53 Å². The van der Waals surface area contributed by atoms with Gasteiger partial charge in [-0.05, 0) is 31.7 Å². The molecule has 1 saturated heterocycles. The molecule has 0 saturated carbocycles. The lowest BCUT2D eigenvalue weighted by molar-refractivity contribution is -0.143. The number of esters is 1. The zero-order valence-corrected chi connectivity index (χ0v) is 10.1. The average Bonchev–Trinajstić information content (AvgIpc) is 2.75. The first-order valence-electron chi connectivity index (χ1n) is 5.81. The van der Waals surface area contributed by atoms with Crippen LogP contribution in [0.4, 0.5) is 0 Å². The topological polar surface area (TPSA) is 47.6 Å². The minimum Gasteiger partial charge on any atom is -0.479 e. The molecule has 1 aliphatic rings. The van der Waals surface area contributed by atoms with E-state index in [1.54, 1.807) is 0 Å². The molecular weight excluding hydrogens is 218 g/mol. The number of cyclic esters (lactones) is 1. The second kappa shape index (κ2) is 5.19. The fraction of sp³-hybridized carbons (Fsp3) is 0.462. The smallest absolute Gasteiger partial charge is 0.347 e. The molecule has 4 heteroatoms. The summed E-state index contributed by atoms with van der Waals surface area (Å²) in [6.07, 6.45) is 0.190. The number of rotatable bonds is 4. The molecule has 17 heavy (non-hydrogen) atoms. The van der Waals surface area contributed by atoms with E-state index in [4.69, 9.17) is 9.47 Å². The molecule has 1 aromatic rings. The van der Waals surface area contributed by atoms with Gasteiger partial charge >= 0.3 is 5.97 Å². The first-order valence-corrected chi connectivity index (χ1v) is 5.81. The van der Waals surface area contributed by atoms with Gasteiger partial charge in [0.05, 0.1) is 6.61 Å². The summed E-state index contributed by atoms with van der Waals surface area (Å²) < 4.78 is 10.4. The van der Waals surface area contributed by atoms with Crippen molar-refractivity contribution in [2.75, 3.05) is 13.7 Å². The highest BCUT2D eigenvalue weighted by Gasteiger charge is 2.28. The molecule has 1 heterocycles. The molecule has 0 amide bonds. The van der Waals surface area contributed by atoms with Gasteiger partial charge in [0.1, 0.15) is 5.75 Å². The van der Waals surface area contributed by atoms with Crippen LogP contribution >= 0.6 is 0 Å². The van der Waals surface area contributed by atoms with Gasteiger partial charge < -0.3 is 14.8 Å². The van der Waals surface area contributed by atoms with E-state index in [0.717, 1.165) is 0 Å². The summed E-state index contributed by atoms with van der Waals surface area (Å²) in [6, 6.07) is 8.07. The maximum absolute atomic E-state index is 11.2. The van der Waals surface area contributed by atoms with Gasteiger partial charge in [0.2, 0.25) is 0 Å². The Morgan fingerprint density at radius 3 is 2.65 bits per heavy atom. The minimum absolute atomic E-state index is 0.266. The Kier molecular flexibility index (Phi) is 3.64. The highest BCUT2D eigenvalue weighted by atomic mass is 16.6. The van der Waals surface area contributed by atoms with E-state index in [0.29, 0.717) is 24.8 Å². The number of benzene rings is 1. The summed E-state index contributed by atoms with van der Waals surface area (Å²) in [5, 5.41) is 3.17. The number of nitrogens with one attached hydrogen (secondary N) is 1. The van der Waals surface area contributed by atoms with Gasteiger partial charge in [0.15, 0.2) is 6.10 Å². The van der Waals surface area contributed by atoms with E-state index in [1.807, 2.05) is 31.3 Å². The second-order valence-electron chi connectivity index (χ2n) is 4.14. The van der Waals surface area contributed by atoms with Crippen molar-refractivity contribution in [3.63, 3.8) is 0 Å². The van der Waals surface area contributed by atoms with Crippen molar-refractivity contribution in [1.29, 1.82) is 0 Å². The van der Waals surface area contributed by atoms with E-state index < -0.39 is 6.10 Å². The Morgan fingerprint density at radius 1 is 1.41 bits per heavy atom. The van der Waals surface area contributed by atoms with E-state index in [9.17, 15) is 4.79 Å². The van der Waals surface area contributed by atoms with Crippen molar-refractivity contribution in [1.82, 2.24) is 5.32 Å². The highest BCUT2D eigenvalue weighted by Crippen LogP contribution is 2.20. The lowest BCUT2D eigenvalue weighted by Crippen LogP contribution is -2.21. The van der Waals surface area contributed by atoms with Crippen LogP contribution in [0.3, 0.4) is 0 Å². The number of ether oxygens (including phenoxy) is 2. The van der Waals surface area contributed by atoms with E-state index in [1.165, 1.54) is 5.56 Å². The predicted molar refractivity (Wildman–Crippen MR) is 63.9 cm³/mol. The maximum Gasteiger partial charge on any atom is 0.347 e. The molecule has 2 unspecified atom stereocenters. The van der Waals surface area contributed by atoms with Crippen LogP contribution in [0.2, 0.25) is 0 Å². The number of carbonyl (C=O) groups excluding carboxylic acids is 1. The van der Waals surface area contributed by atoms with Gasteiger partial charge in [-0.3, -0.25) is 0 Å². The summed E-state index contributed by atoms with van der Waals surface area (Å²) in [4.78, 5) is 11.2. The van der Waals surface area contributed by atoms with Crippen LogP contribution in [0.5, 0.6) is 5.75 Å². The fourth-order valence-corrected chi connectivity index (χ4v) is 1.75. The molecule has 0 radical (unpaired) electrons. The molecular formula is C13H17NO3. The van der Waals surface area contributed by atoms with E-state index >= 15 is 0 Å². The first kappa shape index (κ1) is 11.9. The third-order valence-electron chi connectivity index (χ3n) is 2.98. The molecule has 2 atom stereocenters. The molecule has 0 spiro atoms. The predicted octanol–water partition coefficient (Wildman–Crippen LogP) is 1.66. The van der Waals surface area contributed by atoms with Crippen molar-refractivity contribution in [3.8, 4) is 5.75 Å². The quantitative estimate of drug-likeness (QED) is 0.806.